The first kappa shape index (κ1) is 18.8. The largest absolute Gasteiger partial charge is 0.0622 e. The Balaban J connectivity index is 1.65. The van der Waals surface area contributed by atoms with Gasteiger partial charge in [-0.3, -0.25) is 0 Å². The quantitative estimate of drug-likeness (QED) is 0.258. The third-order valence-corrected chi connectivity index (χ3v) is 6.66. The number of hydrogen-bond acceptors (Lipinski definition) is 0. The molecule has 6 rings (SSSR count). The van der Waals surface area contributed by atoms with Crippen molar-refractivity contribution >= 4 is 0 Å². The molecule has 0 fully saturated rings. The molecule has 0 unspecified atom stereocenters. The van der Waals surface area contributed by atoms with Gasteiger partial charge in [-0.2, -0.15) is 0 Å². The van der Waals surface area contributed by atoms with Crippen molar-refractivity contribution in [3.8, 4) is 22.3 Å². The minimum atomic E-state index is 0.182. The van der Waals surface area contributed by atoms with Crippen LogP contribution in [0.2, 0.25) is 0 Å². The maximum Gasteiger partial charge on any atom is 0.0346 e. The van der Waals surface area contributed by atoms with Crippen molar-refractivity contribution in [2.45, 2.75) is 12.3 Å². The van der Waals surface area contributed by atoms with Crippen LogP contribution in [0.3, 0.4) is 0 Å². The van der Waals surface area contributed by atoms with Gasteiger partial charge in [0.15, 0.2) is 0 Å². The van der Waals surface area contributed by atoms with Crippen LogP contribution in [0.1, 0.15) is 33.7 Å². The zero-order chi connectivity index (χ0) is 21.3. The lowest BCUT2D eigenvalue weighted by Gasteiger charge is -2.24. The molecule has 1 aliphatic rings. The van der Waals surface area contributed by atoms with E-state index >= 15 is 0 Å². The molecule has 0 saturated carbocycles. The van der Waals surface area contributed by atoms with Crippen molar-refractivity contribution in [2.75, 3.05) is 0 Å². The van der Waals surface area contributed by atoms with E-state index < -0.39 is 0 Å². The highest BCUT2D eigenvalue weighted by Gasteiger charge is 2.27. The first-order valence-corrected chi connectivity index (χ1v) is 11.3. The molecule has 0 N–H and O–H groups in total. The van der Waals surface area contributed by atoms with E-state index in [2.05, 4.69) is 127 Å². The highest BCUT2D eigenvalue weighted by Crippen LogP contribution is 2.47. The Labute approximate surface area is 189 Å². The van der Waals surface area contributed by atoms with E-state index in [1.807, 2.05) is 0 Å². The Morgan fingerprint density at radius 2 is 1.03 bits per heavy atom. The summed E-state index contributed by atoms with van der Waals surface area (Å²) in [6.45, 7) is 0. The topological polar surface area (TPSA) is 0 Å². The molecule has 0 saturated heterocycles. The summed E-state index contributed by atoms with van der Waals surface area (Å²) in [6, 6.07) is 46.3. The molecule has 0 bridgehead atoms. The lowest BCUT2D eigenvalue weighted by molar-refractivity contribution is 0.976. The third kappa shape index (κ3) is 3.16. The average Bonchev–Trinajstić information content (AvgIpc) is 3.25. The van der Waals surface area contributed by atoms with E-state index in [9.17, 15) is 0 Å². The Morgan fingerprint density at radius 1 is 0.469 bits per heavy atom. The van der Waals surface area contributed by atoms with Crippen molar-refractivity contribution < 1.29 is 0 Å². The van der Waals surface area contributed by atoms with Crippen LogP contribution >= 0.6 is 0 Å². The SMILES string of the molecule is c1ccc(-c2c(C(c3ccccc3)c3ccccc3)ccc3c2Cc2ccccc2-3)cc1. The normalized spacial score (nSPS) is 11.9. The predicted molar refractivity (Wildman–Crippen MR) is 134 cm³/mol. The van der Waals surface area contributed by atoms with Gasteiger partial charge in [0, 0.05) is 5.92 Å². The third-order valence-electron chi connectivity index (χ3n) is 6.66. The van der Waals surface area contributed by atoms with Crippen molar-refractivity contribution in [3.05, 3.63) is 155 Å². The van der Waals surface area contributed by atoms with Gasteiger partial charge in [0.25, 0.3) is 0 Å². The summed E-state index contributed by atoms with van der Waals surface area (Å²) < 4.78 is 0. The number of fused-ring (bicyclic) bond motifs is 3. The van der Waals surface area contributed by atoms with Crippen LogP contribution in [-0.4, -0.2) is 0 Å². The molecule has 0 aromatic heterocycles. The lowest BCUT2D eigenvalue weighted by Crippen LogP contribution is -2.07. The van der Waals surface area contributed by atoms with Crippen molar-refractivity contribution in [1.82, 2.24) is 0 Å². The predicted octanol–water partition coefficient (Wildman–Crippen LogP) is 8.11. The molecule has 0 amide bonds. The lowest BCUT2D eigenvalue weighted by atomic mass is 9.79. The van der Waals surface area contributed by atoms with Crippen LogP contribution in [0, 0.1) is 0 Å². The summed E-state index contributed by atoms with van der Waals surface area (Å²) in [7, 11) is 0. The van der Waals surface area contributed by atoms with E-state index in [-0.39, 0.29) is 5.92 Å². The van der Waals surface area contributed by atoms with E-state index in [0.717, 1.165) is 6.42 Å². The Hall–Kier alpha value is -3.90. The van der Waals surface area contributed by atoms with Crippen LogP contribution in [0.4, 0.5) is 0 Å². The van der Waals surface area contributed by atoms with Crippen molar-refractivity contribution in [3.63, 3.8) is 0 Å². The Morgan fingerprint density at radius 3 is 1.69 bits per heavy atom. The molecular formula is C32H24. The minimum Gasteiger partial charge on any atom is -0.0622 e. The second-order valence-electron chi connectivity index (χ2n) is 8.51. The first-order chi connectivity index (χ1) is 15.9. The molecule has 5 aromatic rings. The second kappa shape index (κ2) is 7.98. The van der Waals surface area contributed by atoms with E-state index in [4.69, 9.17) is 0 Å². The van der Waals surface area contributed by atoms with Crippen LogP contribution in [0.5, 0.6) is 0 Å². The summed E-state index contributed by atoms with van der Waals surface area (Å²) in [6.07, 6.45) is 0.986. The fourth-order valence-electron chi connectivity index (χ4n) is 5.26. The number of hydrogen-bond donors (Lipinski definition) is 0. The highest BCUT2D eigenvalue weighted by molar-refractivity contribution is 5.87. The molecule has 152 valence electrons. The summed E-state index contributed by atoms with van der Waals surface area (Å²) in [5.41, 5.74) is 12.3. The smallest absolute Gasteiger partial charge is 0.0346 e. The number of rotatable bonds is 4. The maximum absolute atomic E-state index is 2.37. The van der Waals surface area contributed by atoms with Gasteiger partial charge >= 0.3 is 0 Å². The molecule has 1 aliphatic carbocycles. The van der Waals surface area contributed by atoms with Crippen LogP contribution in [0.25, 0.3) is 22.3 Å². The number of benzene rings is 5. The fraction of sp³-hybridized carbons (Fsp3) is 0.0625. The van der Waals surface area contributed by atoms with Gasteiger partial charge in [0.1, 0.15) is 0 Å². The van der Waals surface area contributed by atoms with Gasteiger partial charge < -0.3 is 0 Å². The molecule has 32 heavy (non-hydrogen) atoms. The Kier molecular flexibility index (Phi) is 4.70. The van der Waals surface area contributed by atoms with Gasteiger partial charge in [-0.05, 0) is 56.5 Å². The Bertz CT molecular complexity index is 1330. The van der Waals surface area contributed by atoms with E-state index in [1.165, 1.54) is 50.1 Å². The zero-order valence-electron chi connectivity index (χ0n) is 17.9. The first-order valence-electron chi connectivity index (χ1n) is 11.3. The molecule has 5 aromatic carbocycles. The maximum atomic E-state index is 2.37. The van der Waals surface area contributed by atoms with Crippen LogP contribution in [-0.2, 0) is 6.42 Å². The molecular weight excluding hydrogens is 384 g/mol. The molecule has 0 nitrogen and oxygen atoms in total. The van der Waals surface area contributed by atoms with Gasteiger partial charge in [0.05, 0.1) is 0 Å². The molecule has 0 heterocycles. The van der Waals surface area contributed by atoms with Crippen LogP contribution in [0.15, 0.2) is 127 Å². The summed E-state index contributed by atoms with van der Waals surface area (Å²) in [5, 5.41) is 0. The average molecular weight is 409 g/mol. The van der Waals surface area contributed by atoms with Crippen molar-refractivity contribution in [2.24, 2.45) is 0 Å². The summed E-state index contributed by atoms with van der Waals surface area (Å²) >= 11 is 0. The van der Waals surface area contributed by atoms with E-state index in [1.54, 1.807) is 0 Å². The molecule has 0 heteroatoms. The molecule has 0 atom stereocenters. The summed E-state index contributed by atoms with van der Waals surface area (Å²) in [5.74, 6) is 0.182. The summed E-state index contributed by atoms with van der Waals surface area (Å²) in [4.78, 5) is 0. The van der Waals surface area contributed by atoms with E-state index in [0.29, 0.717) is 0 Å². The highest BCUT2D eigenvalue weighted by atomic mass is 14.3. The fourth-order valence-corrected chi connectivity index (χ4v) is 5.26. The monoisotopic (exact) mass is 408 g/mol. The van der Waals surface area contributed by atoms with Gasteiger partial charge in [-0.25, -0.2) is 0 Å². The zero-order valence-corrected chi connectivity index (χ0v) is 17.9. The standard InChI is InChI=1S/C32H24/c1-4-12-23(13-5-1)31(24-14-6-2-7-15-24)29-21-20-28-27-19-11-10-18-26(27)22-30(28)32(29)25-16-8-3-9-17-25/h1-21,31H,22H2. The molecule has 0 spiro atoms. The van der Waals surface area contributed by atoms with Gasteiger partial charge in [-0.1, -0.05) is 127 Å². The second-order valence-corrected chi connectivity index (χ2v) is 8.51. The van der Waals surface area contributed by atoms with Gasteiger partial charge in [-0.15, -0.1) is 0 Å². The molecule has 0 aliphatic heterocycles. The van der Waals surface area contributed by atoms with Crippen LogP contribution < -0.4 is 0 Å². The molecule has 0 radical (unpaired) electrons. The van der Waals surface area contributed by atoms with Gasteiger partial charge in [0.2, 0.25) is 0 Å². The minimum absolute atomic E-state index is 0.182. The van der Waals surface area contributed by atoms with Crippen molar-refractivity contribution in [1.29, 1.82) is 0 Å².